The van der Waals surface area contributed by atoms with Gasteiger partial charge in [0.1, 0.15) is 0 Å². The Kier molecular flexibility index (Phi) is 13.2. The minimum atomic E-state index is -0.582. The Morgan fingerprint density at radius 2 is 1.53 bits per heavy atom. The van der Waals surface area contributed by atoms with Crippen molar-refractivity contribution in [3.05, 3.63) is 47.7 Å². The third-order valence-corrected chi connectivity index (χ3v) is 6.22. The number of aliphatic hydroxyl groups is 1. The van der Waals surface area contributed by atoms with Gasteiger partial charge in [-0.2, -0.15) is 0 Å². The Balaban J connectivity index is 1.78. The topological polar surface area (TPSA) is 95.9 Å². The summed E-state index contributed by atoms with van der Waals surface area (Å²) in [7, 11) is 0. The molecule has 3 rings (SSSR count). The van der Waals surface area contributed by atoms with Gasteiger partial charge >= 0.3 is 0 Å². The van der Waals surface area contributed by atoms with Crippen molar-refractivity contribution in [2.75, 3.05) is 79.2 Å². The number of hydrogen-bond acceptors (Lipinski definition) is 8. The van der Waals surface area contributed by atoms with E-state index in [4.69, 9.17) is 28.4 Å². The molecule has 9 heteroatoms. The maximum Gasteiger partial charge on any atom is 0.288 e. The van der Waals surface area contributed by atoms with Crippen LogP contribution in [0.15, 0.2) is 42.2 Å². The molecule has 1 amide bonds. The normalized spacial score (nSPS) is 25.2. The molecule has 36 heavy (non-hydrogen) atoms. The van der Waals surface area contributed by atoms with Crippen LogP contribution in [-0.2, 0) is 33.2 Å². The SMILES string of the molecule is CCO[C@@H]1OC(C(=O)N2CCOCCOCCOCCOCC2)=C[C@H](c2ccccc2)[C@H]1CCCO. The van der Waals surface area contributed by atoms with Gasteiger partial charge in [0.2, 0.25) is 6.29 Å². The van der Waals surface area contributed by atoms with Crippen molar-refractivity contribution in [2.45, 2.75) is 32.0 Å². The van der Waals surface area contributed by atoms with Crippen LogP contribution in [0, 0.1) is 5.92 Å². The number of aliphatic hydroxyl groups excluding tert-OH is 1. The van der Waals surface area contributed by atoms with E-state index >= 15 is 0 Å². The molecule has 1 fully saturated rings. The Morgan fingerprint density at radius 3 is 2.08 bits per heavy atom. The van der Waals surface area contributed by atoms with Crippen molar-refractivity contribution in [1.82, 2.24) is 4.90 Å². The third-order valence-electron chi connectivity index (χ3n) is 6.22. The predicted octanol–water partition coefficient (Wildman–Crippen LogP) is 2.34. The van der Waals surface area contributed by atoms with Crippen LogP contribution in [0.4, 0.5) is 0 Å². The van der Waals surface area contributed by atoms with Crippen molar-refractivity contribution >= 4 is 5.91 Å². The number of benzene rings is 1. The van der Waals surface area contributed by atoms with Gasteiger partial charge in [0, 0.05) is 38.1 Å². The lowest BCUT2D eigenvalue weighted by molar-refractivity contribution is -0.170. The van der Waals surface area contributed by atoms with Gasteiger partial charge in [-0.1, -0.05) is 30.3 Å². The fourth-order valence-corrected chi connectivity index (χ4v) is 4.39. The summed E-state index contributed by atoms with van der Waals surface area (Å²) < 4.78 is 34.5. The zero-order valence-electron chi connectivity index (χ0n) is 21.3. The number of carbonyl (C=O) groups excluding carboxylic acids is 1. The molecule has 0 spiro atoms. The quantitative estimate of drug-likeness (QED) is 0.601. The van der Waals surface area contributed by atoms with Crippen LogP contribution in [0.1, 0.15) is 31.2 Å². The van der Waals surface area contributed by atoms with E-state index in [1.165, 1.54) is 0 Å². The van der Waals surface area contributed by atoms with Crippen LogP contribution in [0.25, 0.3) is 0 Å². The number of amides is 1. The van der Waals surface area contributed by atoms with Crippen LogP contribution in [-0.4, -0.2) is 101 Å². The van der Waals surface area contributed by atoms with Crippen LogP contribution >= 0.6 is 0 Å². The molecule has 1 aromatic rings. The second-order valence-corrected chi connectivity index (χ2v) is 8.68. The summed E-state index contributed by atoms with van der Waals surface area (Å²) in [6.45, 7) is 6.93. The van der Waals surface area contributed by atoms with E-state index in [1.54, 1.807) is 4.90 Å². The molecule has 0 aromatic heterocycles. The zero-order chi connectivity index (χ0) is 25.4. The van der Waals surface area contributed by atoms with E-state index in [9.17, 15) is 9.90 Å². The molecule has 3 atom stereocenters. The first kappa shape index (κ1) is 28.6. The van der Waals surface area contributed by atoms with Gasteiger partial charge < -0.3 is 38.4 Å². The second kappa shape index (κ2) is 16.7. The monoisotopic (exact) mass is 507 g/mol. The standard InChI is InChI=1S/C27H41NO8/c1-2-35-27-23(9-6-12-29)24(22-7-4-3-5-8-22)21-25(36-27)26(30)28-10-13-31-15-17-33-19-20-34-18-16-32-14-11-28/h3-5,7-8,21,23-24,27,29H,2,6,9-20H2,1H3/t23-,24-,27-/m1/s1. The molecule has 0 radical (unpaired) electrons. The molecule has 0 saturated carbocycles. The molecular formula is C27H41NO8. The first-order chi connectivity index (χ1) is 17.7. The lowest BCUT2D eigenvalue weighted by atomic mass is 9.80. The van der Waals surface area contributed by atoms with Gasteiger partial charge in [0.05, 0.1) is 52.9 Å². The highest BCUT2D eigenvalue weighted by atomic mass is 16.7. The summed E-state index contributed by atoms with van der Waals surface area (Å²) in [6.07, 6.45) is 2.68. The molecule has 2 aliphatic rings. The van der Waals surface area contributed by atoms with Crippen LogP contribution in [0.3, 0.4) is 0 Å². The molecule has 9 nitrogen and oxygen atoms in total. The molecule has 202 valence electrons. The summed E-state index contributed by atoms with van der Waals surface area (Å²) in [4.78, 5) is 15.4. The zero-order valence-corrected chi connectivity index (χ0v) is 21.3. The summed E-state index contributed by atoms with van der Waals surface area (Å²) in [5.74, 6) is -0.0460. The number of nitrogens with zero attached hydrogens (tertiary/aromatic N) is 1. The highest BCUT2D eigenvalue weighted by Gasteiger charge is 2.38. The Labute approximate surface area is 214 Å². The van der Waals surface area contributed by atoms with Crippen LogP contribution in [0.2, 0.25) is 0 Å². The number of ether oxygens (including phenoxy) is 6. The largest absolute Gasteiger partial charge is 0.459 e. The van der Waals surface area contributed by atoms with Crippen molar-refractivity contribution in [3.63, 3.8) is 0 Å². The van der Waals surface area contributed by atoms with Gasteiger partial charge in [0.25, 0.3) is 5.91 Å². The summed E-state index contributed by atoms with van der Waals surface area (Å²) in [5, 5.41) is 9.46. The number of allylic oxidation sites excluding steroid dienone is 1. The van der Waals surface area contributed by atoms with Crippen molar-refractivity contribution in [2.24, 2.45) is 5.92 Å². The van der Waals surface area contributed by atoms with Gasteiger partial charge in [-0.3, -0.25) is 4.79 Å². The highest BCUT2D eigenvalue weighted by molar-refractivity contribution is 5.91. The molecule has 0 aliphatic carbocycles. The molecule has 2 aliphatic heterocycles. The average Bonchev–Trinajstić information content (AvgIpc) is 2.92. The molecular weight excluding hydrogens is 466 g/mol. The number of rotatable bonds is 7. The van der Waals surface area contributed by atoms with E-state index in [2.05, 4.69) is 12.1 Å². The molecule has 1 saturated heterocycles. The van der Waals surface area contributed by atoms with E-state index in [0.29, 0.717) is 85.4 Å². The maximum atomic E-state index is 13.7. The van der Waals surface area contributed by atoms with Crippen molar-refractivity contribution in [3.8, 4) is 0 Å². The average molecular weight is 508 g/mol. The Hall–Kier alpha value is -2.01. The van der Waals surface area contributed by atoms with Gasteiger partial charge in [-0.05, 0) is 31.4 Å². The second-order valence-electron chi connectivity index (χ2n) is 8.68. The maximum absolute atomic E-state index is 13.7. The molecule has 0 bridgehead atoms. The minimum absolute atomic E-state index is 0.0226. The van der Waals surface area contributed by atoms with Gasteiger partial charge in [-0.25, -0.2) is 0 Å². The summed E-state index contributed by atoms with van der Waals surface area (Å²) >= 11 is 0. The van der Waals surface area contributed by atoms with E-state index in [0.717, 1.165) is 5.56 Å². The van der Waals surface area contributed by atoms with Crippen molar-refractivity contribution in [1.29, 1.82) is 0 Å². The summed E-state index contributed by atoms with van der Waals surface area (Å²) in [6, 6.07) is 10.1. The van der Waals surface area contributed by atoms with E-state index in [1.807, 2.05) is 31.2 Å². The first-order valence-corrected chi connectivity index (χ1v) is 13.0. The molecule has 2 heterocycles. The number of carbonyl (C=O) groups is 1. The number of hydrogen-bond donors (Lipinski definition) is 1. The van der Waals surface area contributed by atoms with Crippen LogP contribution < -0.4 is 0 Å². The predicted molar refractivity (Wildman–Crippen MR) is 133 cm³/mol. The lowest BCUT2D eigenvalue weighted by Gasteiger charge is -2.38. The molecule has 0 unspecified atom stereocenters. The summed E-state index contributed by atoms with van der Waals surface area (Å²) in [5.41, 5.74) is 1.09. The fourth-order valence-electron chi connectivity index (χ4n) is 4.39. The first-order valence-electron chi connectivity index (χ1n) is 13.0. The Bertz CT molecular complexity index is 758. The fraction of sp³-hybridized carbons (Fsp3) is 0.667. The minimum Gasteiger partial charge on any atom is -0.459 e. The van der Waals surface area contributed by atoms with Gasteiger partial charge in [-0.15, -0.1) is 0 Å². The van der Waals surface area contributed by atoms with Gasteiger partial charge in [0.15, 0.2) is 5.76 Å². The smallest absolute Gasteiger partial charge is 0.288 e. The molecule has 1 aromatic carbocycles. The van der Waals surface area contributed by atoms with Crippen molar-refractivity contribution < 1.29 is 38.3 Å². The van der Waals surface area contributed by atoms with Crippen LogP contribution in [0.5, 0.6) is 0 Å². The third kappa shape index (κ3) is 9.14. The highest BCUT2D eigenvalue weighted by Crippen LogP contribution is 2.39. The van der Waals surface area contributed by atoms with E-state index < -0.39 is 6.29 Å². The Morgan fingerprint density at radius 1 is 0.944 bits per heavy atom. The lowest BCUT2D eigenvalue weighted by Crippen LogP contribution is -2.42. The molecule has 1 N–H and O–H groups in total. The van der Waals surface area contributed by atoms with E-state index in [-0.39, 0.29) is 30.1 Å².